The summed E-state index contributed by atoms with van der Waals surface area (Å²) in [6.07, 6.45) is 2.02. The summed E-state index contributed by atoms with van der Waals surface area (Å²) in [5.74, 6) is 0.265. The van der Waals surface area contributed by atoms with Crippen LogP contribution in [0, 0.1) is 19.8 Å². The first-order valence-corrected chi connectivity index (χ1v) is 9.71. The van der Waals surface area contributed by atoms with Crippen LogP contribution in [0.5, 0.6) is 0 Å². The lowest BCUT2D eigenvalue weighted by Gasteiger charge is -2.15. The van der Waals surface area contributed by atoms with Crippen LogP contribution in [0.2, 0.25) is 0 Å². The third-order valence-electron chi connectivity index (χ3n) is 4.45. The zero-order valence-electron chi connectivity index (χ0n) is 15.1. The molecular formula is C15H28ClN5O3S. The van der Waals surface area contributed by atoms with Crippen molar-refractivity contribution in [2.45, 2.75) is 44.6 Å². The minimum absolute atomic E-state index is 0. The van der Waals surface area contributed by atoms with Crippen molar-refractivity contribution in [1.82, 2.24) is 25.1 Å². The Kier molecular flexibility index (Phi) is 7.86. The lowest BCUT2D eigenvalue weighted by Crippen LogP contribution is -2.45. The van der Waals surface area contributed by atoms with E-state index < -0.39 is 16.1 Å². The van der Waals surface area contributed by atoms with E-state index in [4.69, 9.17) is 0 Å². The Labute approximate surface area is 155 Å². The molecule has 1 aliphatic heterocycles. The molecule has 2 atom stereocenters. The van der Waals surface area contributed by atoms with Crippen LogP contribution in [-0.2, 0) is 21.9 Å². The summed E-state index contributed by atoms with van der Waals surface area (Å²) in [7, 11) is -2.10. The number of nitrogens with one attached hydrogen (secondary N) is 3. The zero-order valence-corrected chi connectivity index (χ0v) is 16.8. The highest BCUT2D eigenvalue weighted by Gasteiger charge is 2.27. The van der Waals surface area contributed by atoms with Crippen LogP contribution < -0.4 is 15.4 Å². The van der Waals surface area contributed by atoms with Gasteiger partial charge in [-0.2, -0.15) is 9.82 Å². The molecule has 1 saturated heterocycles. The largest absolute Gasteiger partial charge is 0.355 e. The van der Waals surface area contributed by atoms with Crippen LogP contribution in [-0.4, -0.2) is 49.8 Å². The lowest BCUT2D eigenvalue weighted by atomic mass is 10.1. The second kappa shape index (κ2) is 8.98. The van der Waals surface area contributed by atoms with E-state index >= 15 is 0 Å². The Morgan fingerprint density at radius 1 is 1.44 bits per heavy atom. The molecule has 8 nitrogen and oxygen atoms in total. The zero-order chi connectivity index (χ0) is 17.9. The van der Waals surface area contributed by atoms with E-state index in [-0.39, 0.29) is 23.2 Å². The molecule has 1 amide bonds. The van der Waals surface area contributed by atoms with Crippen LogP contribution in [0.15, 0.2) is 4.90 Å². The van der Waals surface area contributed by atoms with Gasteiger partial charge in [0.05, 0.1) is 17.4 Å². The van der Waals surface area contributed by atoms with Gasteiger partial charge < -0.3 is 10.6 Å². The van der Waals surface area contributed by atoms with Gasteiger partial charge in [-0.15, -0.1) is 12.4 Å². The molecule has 2 heterocycles. The van der Waals surface area contributed by atoms with Crippen molar-refractivity contribution in [3.63, 3.8) is 0 Å². The maximum atomic E-state index is 12.5. The van der Waals surface area contributed by atoms with Gasteiger partial charge in [0, 0.05) is 13.6 Å². The molecule has 2 unspecified atom stereocenters. The topological polar surface area (TPSA) is 105 Å². The molecule has 10 heteroatoms. The highest BCUT2D eigenvalue weighted by molar-refractivity contribution is 7.89. The van der Waals surface area contributed by atoms with Gasteiger partial charge in [-0.25, -0.2) is 8.42 Å². The van der Waals surface area contributed by atoms with Crippen LogP contribution in [0.4, 0.5) is 0 Å². The van der Waals surface area contributed by atoms with E-state index in [1.54, 1.807) is 27.8 Å². The number of halogens is 1. The predicted molar refractivity (Wildman–Crippen MR) is 98.3 cm³/mol. The molecule has 0 radical (unpaired) electrons. The normalized spacial score (nSPS) is 18.6. The van der Waals surface area contributed by atoms with Gasteiger partial charge in [0.15, 0.2) is 0 Å². The van der Waals surface area contributed by atoms with Crippen LogP contribution >= 0.6 is 12.4 Å². The van der Waals surface area contributed by atoms with Gasteiger partial charge in [-0.1, -0.05) is 0 Å². The fraction of sp³-hybridized carbons (Fsp3) is 0.733. The minimum atomic E-state index is -3.79. The summed E-state index contributed by atoms with van der Waals surface area (Å²) < 4.78 is 29.0. The van der Waals surface area contributed by atoms with Gasteiger partial charge >= 0.3 is 0 Å². The Morgan fingerprint density at radius 3 is 2.64 bits per heavy atom. The molecule has 144 valence electrons. The average molecular weight is 394 g/mol. The van der Waals surface area contributed by atoms with E-state index in [0.29, 0.717) is 23.9 Å². The minimum Gasteiger partial charge on any atom is -0.355 e. The van der Waals surface area contributed by atoms with Crippen molar-refractivity contribution in [3.05, 3.63) is 11.4 Å². The summed E-state index contributed by atoms with van der Waals surface area (Å²) >= 11 is 0. The second-order valence-electron chi connectivity index (χ2n) is 6.41. The average Bonchev–Trinajstić information content (AvgIpc) is 3.07. The molecule has 1 aliphatic rings. The first kappa shape index (κ1) is 21.9. The van der Waals surface area contributed by atoms with Crippen LogP contribution in [0.3, 0.4) is 0 Å². The number of aryl methyl sites for hydroxylation is 2. The number of rotatable bonds is 7. The van der Waals surface area contributed by atoms with Gasteiger partial charge in [0.25, 0.3) is 0 Å². The number of hydrogen-bond acceptors (Lipinski definition) is 5. The molecule has 0 spiro atoms. The molecule has 2 rings (SSSR count). The van der Waals surface area contributed by atoms with Gasteiger partial charge in [-0.3, -0.25) is 9.48 Å². The number of carbonyl (C=O) groups is 1. The number of sulfonamides is 1. The summed E-state index contributed by atoms with van der Waals surface area (Å²) in [6, 6.07) is -0.837. The molecule has 25 heavy (non-hydrogen) atoms. The molecule has 0 aromatic carbocycles. The molecule has 1 aromatic rings. The van der Waals surface area contributed by atoms with Crippen LogP contribution in [0.1, 0.15) is 31.2 Å². The van der Waals surface area contributed by atoms with Crippen molar-refractivity contribution in [1.29, 1.82) is 0 Å². The van der Waals surface area contributed by atoms with Crippen molar-refractivity contribution in [3.8, 4) is 0 Å². The molecule has 3 N–H and O–H groups in total. The predicted octanol–water partition coefficient (Wildman–Crippen LogP) is 0.241. The third-order valence-corrected chi connectivity index (χ3v) is 6.24. The van der Waals surface area contributed by atoms with Crippen molar-refractivity contribution < 1.29 is 13.2 Å². The van der Waals surface area contributed by atoms with Gasteiger partial charge in [0.2, 0.25) is 15.9 Å². The first-order valence-electron chi connectivity index (χ1n) is 8.23. The number of amides is 1. The number of hydrogen-bond donors (Lipinski definition) is 3. The molecule has 0 bridgehead atoms. The Balaban J connectivity index is 0.00000312. The fourth-order valence-electron chi connectivity index (χ4n) is 3.00. The SMILES string of the molecule is Cc1nn(C)c(C)c1S(=O)(=O)NC(C)C(=O)NCCC1CCNC1.Cl. The number of aromatic nitrogens is 2. The van der Waals surface area contributed by atoms with Gasteiger partial charge in [-0.05, 0) is 52.6 Å². The second-order valence-corrected chi connectivity index (χ2v) is 8.06. The van der Waals surface area contributed by atoms with E-state index in [0.717, 1.165) is 25.9 Å². The molecule has 1 aromatic heterocycles. The smallest absolute Gasteiger partial charge is 0.244 e. The monoisotopic (exact) mass is 393 g/mol. The van der Waals surface area contributed by atoms with E-state index in [2.05, 4.69) is 20.5 Å². The quantitative estimate of drug-likeness (QED) is 0.615. The highest BCUT2D eigenvalue weighted by Crippen LogP contribution is 2.18. The van der Waals surface area contributed by atoms with Gasteiger partial charge in [0.1, 0.15) is 4.90 Å². The van der Waals surface area contributed by atoms with E-state index in [1.807, 2.05) is 0 Å². The standard InChI is InChI=1S/C15H27N5O3S.ClH/c1-10-14(12(3)20(4)18-10)24(22,23)19-11(2)15(21)17-8-6-13-5-7-16-9-13;/h11,13,16,19H,5-9H2,1-4H3,(H,17,21);1H. The first-order chi connectivity index (χ1) is 11.2. The summed E-state index contributed by atoms with van der Waals surface area (Å²) in [5, 5.41) is 10.2. The number of nitrogens with zero attached hydrogens (tertiary/aromatic N) is 2. The molecular weight excluding hydrogens is 366 g/mol. The summed E-state index contributed by atoms with van der Waals surface area (Å²) in [5.41, 5.74) is 0.963. The molecule has 0 aliphatic carbocycles. The highest BCUT2D eigenvalue weighted by atomic mass is 35.5. The Hall–Kier alpha value is -1.16. The molecule has 0 saturated carbocycles. The van der Waals surface area contributed by atoms with Crippen molar-refractivity contribution in [2.24, 2.45) is 13.0 Å². The maximum absolute atomic E-state index is 12.5. The maximum Gasteiger partial charge on any atom is 0.244 e. The lowest BCUT2D eigenvalue weighted by molar-refractivity contribution is -0.122. The number of carbonyl (C=O) groups excluding carboxylic acids is 1. The third kappa shape index (κ3) is 5.40. The molecule has 1 fully saturated rings. The van der Waals surface area contributed by atoms with E-state index in [9.17, 15) is 13.2 Å². The fourth-order valence-corrected chi connectivity index (χ4v) is 4.64. The Morgan fingerprint density at radius 2 is 2.12 bits per heavy atom. The summed E-state index contributed by atoms with van der Waals surface area (Å²) in [6.45, 7) is 7.44. The Bertz CT molecular complexity index is 698. The van der Waals surface area contributed by atoms with Crippen molar-refractivity contribution in [2.75, 3.05) is 19.6 Å². The van der Waals surface area contributed by atoms with E-state index in [1.165, 1.54) is 4.68 Å². The van der Waals surface area contributed by atoms with Crippen molar-refractivity contribution >= 4 is 28.3 Å². The summed E-state index contributed by atoms with van der Waals surface area (Å²) in [4.78, 5) is 12.3. The van der Waals surface area contributed by atoms with Crippen LogP contribution in [0.25, 0.3) is 0 Å².